The highest BCUT2D eigenvalue weighted by Crippen LogP contribution is 2.42. The Morgan fingerprint density at radius 1 is 0.976 bits per heavy atom. The van der Waals surface area contributed by atoms with E-state index in [1.807, 2.05) is 12.3 Å². The summed E-state index contributed by atoms with van der Waals surface area (Å²) in [6.45, 7) is 3.18. The van der Waals surface area contributed by atoms with E-state index in [1.165, 1.54) is 18.5 Å². The smallest absolute Gasteiger partial charge is 0.158 e. The van der Waals surface area contributed by atoms with Crippen molar-refractivity contribution in [1.82, 2.24) is 24.6 Å². The Morgan fingerprint density at radius 2 is 1.80 bits per heavy atom. The first-order chi connectivity index (χ1) is 20.0. The summed E-state index contributed by atoms with van der Waals surface area (Å²) >= 11 is 0. The van der Waals surface area contributed by atoms with Crippen LogP contribution >= 0.6 is 0 Å². The lowest BCUT2D eigenvalue weighted by Crippen LogP contribution is -2.31. The third kappa shape index (κ3) is 5.11. The fourth-order valence-corrected chi connectivity index (χ4v) is 6.04. The van der Waals surface area contributed by atoms with Crippen molar-refractivity contribution in [3.63, 3.8) is 0 Å². The monoisotopic (exact) mass is 559 g/mol. The number of hydrogen-bond donors (Lipinski definition) is 1. The maximum absolute atomic E-state index is 13.9. The van der Waals surface area contributed by atoms with Gasteiger partial charge in [-0.05, 0) is 62.3 Å². The molecular weight excluding hydrogens is 528 g/mol. The second kappa shape index (κ2) is 10.7. The minimum atomic E-state index is -0.622. The fraction of sp³-hybridized carbons (Fsp3) is 0.367. The summed E-state index contributed by atoms with van der Waals surface area (Å²) in [6, 6.07) is 9.44. The van der Waals surface area contributed by atoms with Crippen LogP contribution in [0.15, 0.2) is 55.1 Å². The van der Waals surface area contributed by atoms with Crippen molar-refractivity contribution in [3.8, 4) is 16.9 Å². The maximum atomic E-state index is 13.9. The number of hydrogen-bond acceptors (Lipinski definition) is 8. The highest BCUT2D eigenvalue weighted by Gasteiger charge is 2.30. The first kappa shape index (κ1) is 25.8. The molecule has 5 heterocycles. The molecule has 2 aromatic carbocycles. The highest BCUT2D eigenvalue weighted by atomic mass is 19.1. The number of likely N-dealkylation sites (tertiary alicyclic amines) is 1. The highest BCUT2D eigenvalue weighted by molar-refractivity contribution is 5.78. The summed E-state index contributed by atoms with van der Waals surface area (Å²) in [6.07, 6.45) is 9.14. The average molecular weight is 560 g/mol. The molecule has 0 bridgehead atoms. The van der Waals surface area contributed by atoms with E-state index in [0.717, 1.165) is 66.5 Å². The third-order valence-corrected chi connectivity index (χ3v) is 8.15. The van der Waals surface area contributed by atoms with Gasteiger partial charge in [0.1, 0.15) is 29.5 Å². The molecule has 1 N–H and O–H groups in total. The van der Waals surface area contributed by atoms with Crippen molar-refractivity contribution in [2.45, 2.75) is 37.8 Å². The molecular formula is C30H31F2N7O2. The van der Waals surface area contributed by atoms with Gasteiger partial charge < -0.3 is 15.0 Å². The molecule has 1 atom stereocenters. The van der Waals surface area contributed by atoms with Crippen molar-refractivity contribution in [2.75, 3.05) is 43.7 Å². The molecule has 2 saturated heterocycles. The third-order valence-electron chi connectivity index (χ3n) is 8.15. The molecule has 0 radical (unpaired) electrons. The quantitative estimate of drug-likeness (QED) is 0.334. The molecule has 0 spiro atoms. The second-order valence-electron chi connectivity index (χ2n) is 10.9. The molecule has 2 aromatic heterocycles. The van der Waals surface area contributed by atoms with Crippen LogP contribution in [0.2, 0.25) is 0 Å². The van der Waals surface area contributed by atoms with E-state index < -0.39 is 11.6 Å². The summed E-state index contributed by atoms with van der Waals surface area (Å²) < 4.78 is 36.0. The van der Waals surface area contributed by atoms with Crippen molar-refractivity contribution < 1.29 is 18.4 Å². The number of fused-ring (bicyclic) bond motifs is 1. The number of nitrogens with zero attached hydrogens (tertiary/aromatic N) is 6. The number of halogens is 2. The van der Waals surface area contributed by atoms with E-state index in [0.29, 0.717) is 42.9 Å². The number of benzene rings is 2. The molecule has 4 aromatic rings. The standard InChI is InChI=1S/C30H31F2N7O2/c1-37-8-4-23(5-9-37)38-17-20(16-35-38)24-2-3-26(30-25(24)6-10-40-30)36-28-15-29(34-18-33-28)39-27(7-11-41-39)19-12-21(31)14-22(32)13-19/h2-3,12-18,23,27H,4-11H2,1H3,(H,33,34,36). The van der Waals surface area contributed by atoms with Gasteiger partial charge in [0.2, 0.25) is 0 Å². The Morgan fingerprint density at radius 3 is 2.63 bits per heavy atom. The van der Waals surface area contributed by atoms with Gasteiger partial charge in [-0.3, -0.25) is 9.52 Å². The van der Waals surface area contributed by atoms with E-state index in [2.05, 4.69) is 44.2 Å². The number of anilines is 3. The van der Waals surface area contributed by atoms with Gasteiger partial charge in [0, 0.05) is 42.3 Å². The zero-order chi connectivity index (χ0) is 27.9. The Kier molecular flexibility index (Phi) is 6.76. The normalized spacial score (nSPS) is 19.4. The number of hydroxylamine groups is 1. The summed E-state index contributed by atoms with van der Waals surface area (Å²) in [7, 11) is 2.16. The van der Waals surface area contributed by atoms with Gasteiger partial charge in [-0.25, -0.2) is 23.8 Å². The van der Waals surface area contributed by atoms with Crippen LogP contribution in [0, 0.1) is 11.6 Å². The Balaban J connectivity index is 1.12. The lowest BCUT2D eigenvalue weighted by Gasteiger charge is -2.28. The SMILES string of the molecule is CN1CCC(n2cc(-c3ccc(Nc4cc(N5OCCC5c5cc(F)cc(F)c5)ncn4)c4c3CCO4)cn2)CC1. The molecule has 0 amide bonds. The largest absolute Gasteiger partial charge is 0.491 e. The van der Waals surface area contributed by atoms with Crippen LogP contribution in [0.5, 0.6) is 5.75 Å². The topological polar surface area (TPSA) is 80.6 Å². The van der Waals surface area contributed by atoms with E-state index in [9.17, 15) is 8.78 Å². The summed E-state index contributed by atoms with van der Waals surface area (Å²) in [5.41, 5.74) is 4.66. The maximum Gasteiger partial charge on any atom is 0.158 e. The molecule has 3 aliphatic rings. The lowest BCUT2D eigenvalue weighted by atomic mass is 9.99. The van der Waals surface area contributed by atoms with Crippen LogP contribution < -0.4 is 15.1 Å². The van der Waals surface area contributed by atoms with Crippen LogP contribution in [0.4, 0.5) is 26.1 Å². The van der Waals surface area contributed by atoms with E-state index in [1.54, 1.807) is 11.1 Å². The Hall–Kier alpha value is -4.09. The summed E-state index contributed by atoms with van der Waals surface area (Å²) in [5, 5.41) is 9.68. The van der Waals surface area contributed by atoms with Gasteiger partial charge >= 0.3 is 0 Å². The molecule has 1 unspecified atom stereocenters. The number of aromatic nitrogens is 4. The van der Waals surface area contributed by atoms with E-state index in [4.69, 9.17) is 14.7 Å². The van der Waals surface area contributed by atoms with Gasteiger partial charge in [-0.15, -0.1) is 0 Å². The second-order valence-corrected chi connectivity index (χ2v) is 10.9. The van der Waals surface area contributed by atoms with Crippen LogP contribution in [0.25, 0.3) is 11.1 Å². The van der Waals surface area contributed by atoms with Crippen molar-refractivity contribution >= 4 is 17.3 Å². The van der Waals surface area contributed by atoms with Crippen molar-refractivity contribution in [3.05, 3.63) is 77.9 Å². The van der Waals surface area contributed by atoms with Crippen LogP contribution in [-0.2, 0) is 11.3 Å². The molecule has 11 heteroatoms. The molecule has 212 valence electrons. The summed E-state index contributed by atoms with van der Waals surface area (Å²) in [5.74, 6) is 0.604. The zero-order valence-electron chi connectivity index (χ0n) is 22.8. The van der Waals surface area contributed by atoms with E-state index in [-0.39, 0.29) is 6.04 Å². The lowest BCUT2D eigenvalue weighted by molar-refractivity contribution is 0.156. The van der Waals surface area contributed by atoms with Crippen LogP contribution in [0.3, 0.4) is 0 Å². The van der Waals surface area contributed by atoms with Gasteiger partial charge in [-0.2, -0.15) is 5.10 Å². The van der Waals surface area contributed by atoms with Crippen molar-refractivity contribution in [1.29, 1.82) is 0 Å². The molecule has 2 fully saturated rings. The minimum absolute atomic E-state index is 0.370. The van der Waals surface area contributed by atoms with Gasteiger partial charge in [0.25, 0.3) is 0 Å². The van der Waals surface area contributed by atoms with Crippen LogP contribution in [-0.4, -0.2) is 58.0 Å². The Bertz CT molecular complexity index is 1550. The van der Waals surface area contributed by atoms with Gasteiger partial charge in [0.15, 0.2) is 5.82 Å². The zero-order valence-corrected chi connectivity index (χ0v) is 22.8. The van der Waals surface area contributed by atoms with Gasteiger partial charge in [0.05, 0.1) is 37.2 Å². The average Bonchev–Trinajstić information content (AvgIpc) is 3.75. The van der Waals surface area contributed by atoms with Crippen LogP contribution in [0.1, 0.15) is 42.5 Å². The molecule has 9 nitrogen and oxygen atoms in total. The molecule has 7 rings (SSSR count). The first-order valence-electron chi connectivity index (χ1n) is 14.0. The van der Waals surface area contributed by atoms with Gasteiger partial charge in [-0.1, -0.05) is 6.07 Å². The number of rotatable bonds is 6. The number of nitrogens with one attached hydrogen (secondary N) is 1. The fourth-order valence-electron chi connectivity index (χ4n) is 6.04. The minimum Gasteiger partial charge on any atom is -0.491 e. The number of ether oxygens (including phenoxy) is 1. The summed E-state index contributed by atoms with van der Waals surface area (Å²) in [4.78, 5) is 17.0. The first-order valence-corrected chi connectivity index (χ1v) is 14.0. The molecule has 41 heavy (non-hydrogen) atoms. The predicted molar refractivity (Wildman–Crippen MR) is 150 cm³/mol. The Labute approximate surface area is 236 Å². The molecule has 3 aliphatic heterocycles. The number of piperidine rings is 1. The molecule has 0 aliphatic carbocycles. The van der Waals surface area contributed by atoms with Crippen molar-refractivity contribution in [2.24, 2.45) is 0 Å². The van der Waals surface area contributed by atoms with E-state index >= 15 is 0 Å². The predicted octanol–water partition coefficient (Wildman–Crippen LogP) is 5.45. The molecule has 0 saturated carbocycles.